The molecule has 0 aliphatic heterocycles. The van der Waals surface area contributed by atoms with Crippen molar-refractivity contribution in [2.75, 3.05) is 0 Å². The maximum Gasteiger partial charge on any atom is 1.00 e. The fourth-order valence-electron chi connectivity index (χ4n) is 0.922. The predicted molar refractivity (Wildman–Crippen MR) is 51.0 cm³/mol. The summed E-state index contributed by atoms with van der Waals surface area (Å²) < 4.78 is 13.3. The van der Waals surface area contributed by atoms with Gasteiger partial charge in [0, 0.05) is 13.9 Å². The van der Waals surface area contributed by atoms with Crippen LogP contribution in [-0.2, 0) is 0 Å². The van der Waals surface area contributed by atoms with Gasteiger partial charge in [0.05, 0.1) is 5.15 Å². The van der Waals surface area contributed by atoms with Crippen molar-refractivity contribution >= 4 is 24.9 Å². The van der Waals surface area contributed by atoms with Crippen molar-refractivity contribution < 1.29 is 23.3 Å². The summed E-state index contributed by atoms with van der Waals surface area (Å²) in [6, 6.07) is 2.81. The third-order valence-corrected chi connectivity index (χ3v) is 3.66. The van der Waals surface area contributed by atoms with Gasteiger partial charge in [0.2, 0.25) is 0 Å². The minimum Gasteiger partial charge on any atom is -0.317 e. The Morgan fingerprint density at radius 3 is 2.38 bits per heavy atom. The molecule has 0 amide bonds. The van der Waals surface area contributed by atoms with E-state index in [9.17, 15) is 4.39 Å². The van der Waals surface area contributed by atoms with Gasteiger partial charge in [-0.15, -0.1) is 0 Å². The molecule has 1 aromatic heterocycles. The Balaban J connectivity index is 0.00000144. The van der Waals surface area contributed by atoms with Gasteiger partial charge in [-0.2, -0.15) is 5.19 Å². The molecule has 1 aromatic rings. The van der Waals surface area contributed by atoms with Gasteiger partial charge >= 0.3 is 18.9 Å². The number of pyridine rings is 1. The van der Waals surface area contributed by atoms with E-state index in [2.05, 4.69) is 11.1 Å². The Hall–Kier alpha value is 0.184. The number of rotatable bonds is 1. The average Bonchev–Trinajstić information content (AvgIpc) is 1.92. The standard InChI is InChI=1S/C8H10ClFNSi.Li/c1-12(2,3)6-4-5-11-8(9)7(6)10;/h5H,1-3H3;/q-1;+1. The molecule has 13 heavy (non-hydrogen) atoms. The Morgan fingerprint density at radius 1 is 1.46 bits per heavy atom. The number of aromatic nitrogens is 1. The van der Waals surface area contributed by atoms with Crippen LogP contribution in [0.25, 0.3) is 0 Å². The van der Waals surface area contributed by atoms with Gasteiger partial charge in [-0.1, -0.05) is 37.4 Å². The van der Waals surface area contributed by atoms with E-state index in [0.717, 1.165) is 0 Å². The zero-order chi connectivity index (χ0) is 9.35. The zero-order valence-corrected chi connectivity index (χ0v) is 10.0. The minimum atomic E-state index is -1.66. The van der Waals surface area contributed by atoms with Crippen molar-refractivity contribution in [2.45, 2.75) is 19.6 Å². The fourth-order valence-corrected chi connectivity index (χ4v) is 2.42. The number of halogens is 2. The van der Waals surface area contributed by atoms with Crippen molar-refractivity contribution in [1.82, 2.24) is 4.98 Å². The summed E-state index contributed by atoms with van der Waals surface area (Å²) in [5.74, 6) is -0.404. The molecule has 0 saturated heterocycles. The molecule has 0 fully saturated rings. The molecule has 0 bridgehead atoms. The van der Waals surface area contributed by atoms with E-state index >= 15 is 0 Å². The quantitative estimate of drug-likeness (QED) is 0.336. The molecular weight excluding hydrogens is 200 g/mol. The molecule has 5 heteroatoms. The molecule has 0 N–H and O–H groups in total. The molecular formula is C8H10ClFLiNSi. The minimum absolute atomic E-state index is 0. The maximum atomic E-state index is 13.3. The second kappa shape index (κ2) is 4.61. The van der Waals surface area contributed by atoms with Crippen molar-refractivity contribution in [3.05, 3.63) is 23.2 Å². The van der Waals surface area contributed by atoms with Gasteiger partial charge < -0.3 is 4.39 Å². The number of hydrogen-bond acceptors (Lipinski definition) is 1. The van der Waals surface area contributed by atoms with Crippen LogP contribution >= 0.6 is 11.6 Å². The summed E-state index contributed by atoms with van der Waals surface area (Å²) in [7, 11) is -1.66. The van der Waals surface area contributed by atoms with E-state index in [4.69, 9.17) is 11.6 Å². The van der Waals surface area contributed by atoms with Crippen LogP contribution in [-0.4, -0.2) is 13.1 Å². The van der Waals surface area contributed by atoms with Crippen LogP contribution in [0.5, 0.6) is 0 Å². The van der Waals surface area contributed by atoms with Crippen LogP contribution in [0.1, 0.15) is 0 Å². The third-order valence-electron chi connectivity index (χ3n) is 1.54. The average molecular weight is 210 g/mol. The van der Waals surface area contributed by atoms with Crippen molar-refractivity contribution in [2.24, 2.45) is 0 Å². The number of hydrogen-bond donors (Lipinski definition) is 0. The van der Waals surface area contributed by atoms with Crippen molar-refractivity contribution in [3.8, 4) is 0 Å². The molecule has 1 rings (SSSR count). The molecule has 1 heterocycles. The SMILES string of the molecule is C[Si](C)(C)c1[c-]cnc(Cl)c1F.[Li+]. The molecule has 0 unspecified atom stereocenters. The Labute approximate surface area is 95.9 Å². The number of nitrogens with zero attached hydrogens (tertiary/aromatic N) is 1. The fraction of sp³-hybridized carbons (Fsp3) is 0.375. The van der Waals surface area contributed by atoms with Gasteiger partial charge in [-0.3, -0.25) is 4.98 Å². The summed E-state index contributed by atoms with van der Waals surface area (Å²) in [5, 5.41) is 0.564. The van der Waals surface area contributed by atoms with Crippen LogP contribution in [0.15, 0.2) is 6.20 Å². The molecule has 0 aromatic carbocycles. The normalized spacial score (nSPS) is 10.8. The topological polar surface area (TPSA) is 12.9 Å². The van der Waals surface area contributed by atoms with Gasteiger partial charge in [-0.25, -0.2) is 6.07 Å². The van der Waals surface area contributed by atoms with Gasteiger partial charge in [0.25, 0.3) is 0 Å². The molecule has 1 nitrogen and oxygen atoms in total. The van der Waals surface area contributed by atoms with E-state index in [1.54, 1.807) is 0 Å². The first-order valence-electron chi connectivity index (χ1n) is 3.65. The Kier molecular flexibility index (Phi) is 4.67. The monoisotopic (exact) mass is 209 g/mol. The Bertz CT molecular complexity index is 301. The Morgan fingerprint density at radius 2 is 2.00 bits per heavy atom. The second-order valence-electron chi connectivity index (χ2n) is 3.63. The van der Waals surface area contributed by atoms with Gasteiger partial charge in [-0.05, 0) is 0 Å². The molecule has 0 aliphatic carbocycles. The van der Waals surface area contributed by atoms with Gasteiger partial charge in [0.15, 0.2) is 0 Å². The van der Waals surface area contributed by atoms with Crippen molar-refractivity contribution in [1.29, 1.82) is 0 Å². The van der Waals surface area contributed by atoms with Crippen LogP contribution < -0.4 is 24.0 Å². The largest absolute Gasteiger partial charge is 1.00 e. The van der Waals surface area contributed by atoms with Crippen LogP contribution in [0.2, 0.25) is 24.8 Å². The molecule has 0 aliphatic rings. The molecule has 0 radical (unpaired) electrons. The summed E-state index contributed by atoms with van der Waals surface area (Å²) in [6.45, 7) is 6.12. The molecule has 66 valence electrons. The molecule has 0 spiro atoms. The summed E-state index contributed by atoms with van der Waals surface area (Å²) in [6.07, 6.45) is 1.43. The maximum absolute atomic E-state index is 13.3. The van der Waals surface area contributed by atoms with E-state index in [1.807, 2.05) is 19.6 Å². The first kappa shape index (κ1) is 13.2. The van der Waals surface area contributed by atoms with Crippen LogP contribution in [0.4, 0.5) is 4.39 Å². The smallest absolute Gasteiger partial charge is 0.317 e. The predicted octanol–water partition coefficient (Wildman–Crippen LogP) is -0.777. The van der Waals surface area contributed by atoms with Crippen LogP contribution in [0, 0.1) is 11.9 Å². The first-order valence-corrected chi connectivity index (χ1v) is 7.53. The van der Waals surface area contributed by atoms with Crippen molar-refractivity contribution in [3.63, 3.8) is 0 Å². The summed E-state index contributed by atoms with van der Waals surface area (Å²) in [4.78, 5) is 3.61. The third kappa shape index (κ3) is 3.10. The second-order valence-corrected chi connectivity index (χ2v) is 8.99. The van der Waals surface area contributed by atoms with Crippen LogP contribution in [0.3, 0.4) is 0 Å². The molecule has 0 atom stereocenters. The summed E-state index contributed by atoms with van der Waals surface area (Å²) in [5.41, 5.74) is 0. The van der Waals surface area contributed by atoms with E-state index < -0.39 is 13.9 Å². The summed E-state index contributed by atoms with van der Waals surface area (Å²) >= 11 is 5.54. The zero-order valence-electron chi connectivity index (χ0n) is 8.28. The van der Waals surface area contributed by atoms with E-state index in [1.165, 1.54) is 6.20 Å². The van der Waals surface area contributed by atoms with E-state index in [-0.39, 0.29) is 24.0 Å². The van der Waals surface area contributed by atoms with Gasteiger partial charge in [0.1, 0.15) is 0 Å². The van der Waals surface area contributed by atoms with E-state index in [0.29, 0.717) is 5.19 Å². The first-order chi connectivity index (χ1) is 5.43. The molecule has 0 saturated carbocycles.